The van der Waals surface area contributed by atoms with E-state index in [0.717, 1.165) is 100 Å². The molecule has 0 aromatic heterocycles. The summed E-state index contributed by atoms with van der Waals surface area (Å²) >= 11 is 0. The fourth-order valence-electron chi connectivity index (χ4n) is 6.62. The van der Waals surface area contributed by atoms with E-state index in [9.17, 15) is 10.2 Å². The summed E-state index contributed by atoms with van der Waals surface area (Å²) in [5.41, 5.74) is 15.5. The lowest BCUT2D eigenvalue weighted by atomic mass is 9.99. The lowest BCUT2D eigenvalue weighted by Crippen LogP contribution is -1.91. The molecule has 2 heteroatoms. The molecule has 0 aliphatic carbocycles. The van der Waals surface area contributed by atoms with Gasteiger partial charge in [0.2, 0.25) is 0 Å². The van der Waals surface area contributed by atoms with Gasteiger partial charge in [-0.25, -0.2) is 0 Å². The van der Waals surface area contributed by atoms with Gasteiger partial charge in [-0.1, -0.05) is 105 Å². The van der Waals surface area contributed by atoms with Crippen LogP contribution in [-0.4, -0.2) is 10.2 Å². The molecule has 55 heavy (non-hydrogen) atoms. The Bertz CT molecular complexity index is 1590. The highest BCUT2D eigenvalue weighted by Gasteiger charge is 2.10. The van der Waals surface area contributed by atoms with E-state index in [1.54, 1.807) is 6.07 Å². The minimum Gasteiger partial charge on any atom is -0.508 e. The summed E-state index contributed by atoms with van der Waals surface area (Å²) in [7, 11) is 0. The molecule has 0 bridgehead atoms. The van der Waals surface area contributed by atoms with Gasteiger partial charge in [0.25, 0.3) is 0 Å². The van der Waals surface area contributed by atoms with Crippen molar-refractivity contribution in [3.63, 3.8) is 0 Å². The minimum atomic E-state index is 0.255. The SMILES string of the molecule is CC(C)=CCC/C(C)=C/CC/C(C)=C/CC/C(C)=C\CC/C(C)=C/CC/C(C)=C/CC/C(C)=C/CC/C(C)=C\CC/C(C)=C\Cc1cc(O)c(C)c(C)c1O. The first-order chi connectivity index (χ1) is 26.1. The quantitative estimate of drug-likeness (QED) is 0.0731. The molecule has 0 atom stereocenters. The zero-order valence-electron chi connectivity index (χ0n) is 37.7. The van der Waals surface area contributed by atoms with Gasteiger partial charge in [-0.3, -0.25) is 0 Å². The van der Waals surface area contributed by atoms with Gasteiger partial charge >= 0.3 is 0 Å². The van der Waals surface area contributed by atoms with Crippen LogP contribution in [0.1, 0.15) is 189 Å². The number of phenols is 2. The van der Waals surface area contributed by atoms with Gasteiger partial charge in [0.15, 0.2) is 0 Å². The van der Waals surface area contributed by atoms with Crippen LogP contribution in [0.2, 0.25) is 0 Å². The predicted molar refractivity (Wildman–Crippen MR) is 246 cm³/mol. The highest BCUT2D eigenvalue weighted by molar-refractivity contribution is 5.51. The molecular weight excluding hydrogens is 669 g/mol. The average Bonchev–Trinajstić information content (AvgIpc) is 3.11. The summed E-state index contributed by atoms with van der Waals surface area (Å²) in [6.45, 7) is 26.2. The Morgan fingerprint density at radius 3 is 0.909 bits per heavy atom. The smallest absolute Gasteiger partial charge is 0.122 e. The first kappa shape index (κ1) is 49.5. The second-order valence-corrected chi connectivity index (χ2v) is 16.9. The van der Waals surface area contributed by atoms with Crippen molar-refractivity contribution >= 4 is 0 Å². The first-order valence-electron chi connectivity index (χ1n) is 21.5. The van der Waals surface area contributed by atoms with Crippen LogP contribution in [0.4, 0.5) is 0 Å². The van der Waals surface area contributed by atoms with E-state index in [1.165, 1.54) is 69.4 Å². The summed E-state index contributed by atoms with van der Waals surface area (Å²) < 4.78 is 0. The molecule has 0 saturated heterocycles. The number of phenolic OH excluding ortho intramolecular Hbond substituents is 2. The maximum absolute atomic E-state index is 10.4. The molecule has 0 saturated carbocycles. The van der Waals surface area contributed by atoms with Crippen molar-refractivity contribution in [2.45, 2.75) is 192 Å². The normalized spacial score (nSPS) is 14.3. The summed E-state index contributed by atoms with van der Waals surface area (Å²) in [4.78, 5) is 0. The molecule has 2 N–H and O–H groups in total. The van der Waals surface area contributed by atoms with Crippen molar-refractivity contribution in [1.82, 2.24) is 0 Å². The molecule has 1 aromatic rings. The van der Waals surface area contributed by atoms with E-state index >= 15 is 0 Å². The molecule has 0 spiro atoms. The molecule has 0 radical (unpaired) electrons. The molecule has 1 aromatic carbocycles. The maximum Gasteiger partial charge on any atom is 0.122 e. The third kappa shape index (κ3) is 24.6. The van der Waals surface area contributed by atoms with Crippen molar-refractivity contribution in [3.8, 4) is 11.5 Å². The van der Waals surface area contributed by atoms with Crippen LogP contribution in [0.15, 0.2) is 111 Å². The fourth-order valence-corrected chi connectivity index (χ4v) is 6.62. The molecule has 0 unspecified atom stereocenters. The van der Waals surface area contributed by atoms with Gasteiger partial charge in [0.05, 0.1) is 0 Å². The average molecular weight is 751 g/mol. The van der Waals surface area contributed by atoms with Gasteiger partial charge in [0.1, 0.15) is 11.5 Å². The van der Waals surface area contributed by atoms with Crippen molar-refractivity contribution in [1.29, 1.82) is 0 Å². The Kier molecular flexibility index (Phi) is 25.9. The molecule has 1 rings (SSSR count). The second-order valence-electron chi connectivity index (χ2n) is 16.9. The summed E-state index contributed by atoms with van der Waals surface area (Å²) in [6.07, 6.45) is 40.3. The lowest BCUT2D eigenvalue weighted by Gasteiger charge is -2.10. The maximum atomic E-state index is 10.4. The molecule has 0 heterocycles. The molecule has 0 amide bonds. The van der Waals surface area contributed by atoms with Crippen molar-refractivity contribution < 1.29 is 10.2 Å². The van der Waals surface area contributed by atoms with Crippen LogP contribution in [0.5, 0.6) is 11.5 Å². The fraction of sp³-hybridized carbons (Fsp3) is 0.547. The van der Waals surface area contributed by atoms with Crippen LogP contribution in [0.3, 0.4) is 0 Å². The highest BCUT2D eigenvalue weighted by atomic mass is 16.3. The lowest BCUT2D eigenvalue weighted by molar-refractivity contribution is 0.448. The summed E-state index contributed by atoms with van der Waals surface area (Å²) in [5, 5.41) is 20.6. The highest BCUT2D eigenvalue weighted by Crippen LogP contribution is 2.32. The second kappa shape index (κ2) is 28.8. The van der Waals surface area contributed by atoms with Crippen LogP contribution >= 0.6 is 0 Å². The van der Waals surface area contributed by atoms with E-state index < -0.39 is 0 Å². The molecule has 2 nitrogen and oxygen atoms in total. The number of hydrogen-bond donors (Lipinski definition) is 2. The number of rotatable bonds is 26. The molecule has 306 valence electrons. The van der Waals surface area contributed by atoms with Crippen LogP contribution < -0.4 is 0 Å². The molecular formula is C53H82O2. The van der Waals surface area contributed by atoms with Gasteiger partial charge < -0.3 is 10.2 Å². The van der Waals surface area contributed by atoms with Crippen molar-refractivity contribution in [3.05, 3.63) is 128 Å². The topological polar surface area (TPSA) is 40.5 Å². The number of aromatic hydroxyl groups is 2. The van der Waals surface area contributed by atoms with Gasteiger partial charge in [-0.2, -0.15) is 0 Å². The molecule has 0 aliphatic heterocycles. The first-order valence-corrected chi connectivity index (χ1v) is 21.5. The standard InChI is InChI=1S/C53H82O2/c1-40(2)21-13-22-41(3)23-14-24-42(4)25-15-26-43(5)27-16-28-44(6)29-17-30-45(7)31-18-32-46(8)33-19-34-47(9)35-20-36-48(10)37-38-51-39-52(54)49(11)50(12)53(51)55/h21,23,25,27,29,31,33,35,37,39,54-55H,13-20,22,24,26,28,30,32,34,36,38H2,1-12H3/b41-23+,42-25+,43-27-,44-29+,45-31+,46-33+,47-35-,48-37-. The molecule has 0 fully saturated rings. The minimum absolute atomic E-state index is 0.255. The Morgan fingerprint density at radius 1 is 0.382 bits per heavy atom. The Balaban J connectivity index is 2.28. The van der Waals surface area contributed by atoms with E-state index in [4.69, 9.17) is 0 Å². The van der Waals surface area contributed by atoms with Crippen LogP contribution in [0, 0.1) is 13.8 Å². The third-order valence-electron chi connectivity index (χ3n) is 10.9. The van der Waals surface area contributed by atoms with E-state index in [1.807, 2.05) is 13.8 Å². The molecule has 0 aliphatic rings. The van der Waals surface area contributed by atoms with Crippen molar-refractivity contribution in [2.24, 2.45) is 0 Å². The van der Waals surface area contributed by atoms with Crippen LogP contribution in [-0.2, 0) is 6.42 Å². The largest absolute Gasteiger partial charge is 0.508 e. The Hall–Kier alpha value is -3.52. The van der Waals surface area contributed by atoms with E-state index in [0.29, 0.717) is 12.2 Å². The zero-order valence-corrected chi connectivity index (χ0v) is 37.7. The Labute approximate surface area is 340 Å². The number of benzene rings is 1. The van der Waals surface area contributed by atoms with Crippen LogP contribution in [0.25, 0.3) is 0 Å². The summed E-state index contributed by atoms with van der Waals surface area (Å²) in [6, 6.07) is 1.69. The number of allylic oxidation sites excluding steroid dienone is 18. The van der Waals surface area contributed by atoms with Gasteiger partial charge in [0, 0.05) is 5.56 Å². The number of hydrogen-bond acceptors (Lipinski definition) is 2. The third-order valence-corrected chi connectivity index (χ3v) is 10.9. The van der Waals surface area contributed by atoms with Gasteiger partial charge in [-0.15, -0.1) is 0 Å². The monoisotopic (exact) mass is 751 g/mol. The van der Waals surface area contributed by atoms with Gasteiger partial charge in [-0.05, 0) is 209 Å². The van der Waals surface area contributed by atoms with E-state index in [-0.39, 0.29) is 5.75 Å². The summed E-state index contributed by atoms with van der Waals surface area (Å²) in [5.74, 6) is 0.554. The zero-order chi connectivity index (χ0) is 41.2. The predicted octanol–water partition coefficient (Wildman–Crippen LogP) is 17.0. The Morgan fingerprint density at radius 2 is 0.636 bits per heavy atom. The van der Waals surface area contributed by atoms with E-state index in [2.05, 4.69) is 124 Å². The van der Waals surface area contributed by atoms with Crippen molar-refractivity contribution in [2.75, 3.05) is 0 Å².